The number of hydrogen-bond acceptors (Lipinski definition) is 3. The van der Waals surface area contributed by atoms with Crippen LogP contribution in [0.3, 0.4) is 0 Å². The van der Waals surface area contributed by atoms with Crippen molar-refractivity contribution in [3.63, 3.8) is 0 Å². The Bertz CT molecular complexity index is 379. The van der Waals surface area contributed by atoms with Crippen LogP contribution in [0.4, 0.5) is 0 Å². The van der Waals surface area contributed by atoms with E-state index in [2.05, 4.69) is 20.7 Å². The third-order valence-corrected chi connectivity index (χ3v) is 3.36. The van der Waals surface area contributed by atoms with Gasteiger partial charge in [0.1, 0.15) is 5.75 Å². The van der Waals surface area contributed by atoms with Gasteiger partial charge in [0.2, 0.25) is 0 Å². The normalized spacial score (nSPS) is 9.87. The molecule has 1 aromatic carbocycles. The van der Waals surface area contributed by atoms with E-state index in [1.54, 1.807) is 19.2 Å². The maximum atomic E-state index is 11.1. The van der Waals surface area contributed by atoms with Gasteiger partial charge in [-0.3, -0.25) is 4.79 Å². The summed E-state index contributed by atoms with van der Waals surface area (Å²) in [6.07, 6.45) is 0.151. The molecule has 5 heteroatoms. The number of methoxy groups -OCH3 is 2. The maximum Gasteiger partial charge on any atom is 0.310 e. The highest BCUT2D eigenvalue weighted by Crippen LogP contribution is 2.35. The molecule has 0 aliphatic carbocycles. The van der Waals surface area contributed by atoms with Crippen LogP contribution in [-0.4, -0.2) is 20.2 Å². The van der Waals surface area contributed by atoms with Crippen LogP contribution < -0.4 is 4.74 Å². The minimum atomic E-state index is -0.325. The molecule has 0 aliphatic heterocycles. The Morgan fingerprint density at radius 2 is 2.13 bits per heavy atom. The summed E-state index contributed by atoms with van der Waals surface area (Å²) >= 11 is 9.34. The molecule has 0 radical (unpaired) electrons. The van der Waals surface area contributed by atoms with Gasteiger partial charge in [0.25, 0.3) is 0 Å². The molecule has 0 heterocycles. The molecule has 82 valence electrons. The number of carbonyl (C=O) groups excluding carboxylic acids is 1. The van der Waals surface area contributed by atoms with Crippen molar-refractivity contribution in [2.75, 3.05) is 14.2 Å². The van der Waals surface area contributed by atoms with Crippen LogP contribution in [0.25, 0.3) is 0 Å². The lowest BCUT2D eigenvalue weighted by atomic mass is 10.1. The van der Waals surface area contributed by atoms with Crippen molar-refractivity contribution < 1.29 is 14.3 Å². The smallest absolute Gasteiger partial charge is 0.310 e. The van der Waals surface area contributed by atoms with Gasteiger partial charge in [-0.05, 0) is 27.6 Å². The van der Waals surface area contributed by atoms with Gasteiger partial charge in [-0.15, -0.1) is 0 Å². The third kappa shape index (κ3) is 2.86. The van der Waals surface area contributed by atoms with Crippen LogP contribution in [0.1, 0.15) is 5.56 Å². The summed E-state index contributed by atoms with van der Waals surface area (Å²) in [5, 5.41) is 0.472. The van der Waals surface area contributed by atoms with Crippen molar-refractivity contribution in [1.29, 1.82) is 0 Å². The van der Waals surface area contributed by atoms with Gasteiger partial charge in [-0.1, -0.05) is 17.7 Å². The minimum absolute atomic E-state index is 0.151. The number of benzene rings is 1. The van der Waals surface area contributed by atoms with Crippen LogP contribution in [0.15, 0.2) is 16.6 Å². The molecular formula is C10H10BrClO3. The van der Waals surface area contributed by atoms with Crippen molar-refractivity contribution in [2.24, 2.45) is 0 Å². The van der Waals surface area contributed by atoms with E-state index in [0.717, 1.165) is 0 Å². The minimum Gasteiger partial charge on any atom is -0.496 e. The van der Waals surface area contributed by atoms with E-state index >= 15 is 0 Å². The molecule has 0 spiro atoms. The monoisotopic (exact) mass is 292 g/mol. The first-order valence-electron chi connectivity index (χ1n) is 4.17. The van der Waals surface area contributed by atoms with Crippen molar-refractivity contribution in [3.8, 4) is 5.75 Å². The van der Waals surface area contributed by atoms with E-state index in [9.17, 15) is 4.79 Å². The average molecular weight is 294 g/mol. The Kier molecular flexibility index (Phi) is 4.42. The Morgan fingerprint density at radius 3 is 2.67 bits per heavy atom. The fourth-order valence-electron chi connectivity index (χ4n) is 1.09. The summed E-state index contributed by atoms with van der Waals surface area (Å²) in [6.45, 7) is 0. The molecule has 1 rings (SSSR count). The number of carbonyl (C=O) groups is 1. The molecule has 0 amide bonds. The Hall–Kier alpha value is -0.740. The van der Waals surface area contributed by atoms with Crippen LogP contribution >= 0.6 is 27.5 Å². The van der Waals surface area contributed by atoms with E-state index < -0.39 is 0 Å². The van der Waals surface area contributed by atoms with E-state index in [1.165, 1.54) is 7.11 Å². The molecule has 0 aromatic heterocycles. The summed E-state index contributed by atoms with van der Waals surface area (Å²) in [7, 11) is 2.89. The van der Waals surface area contributed by atoms with Gasteiger partial charge in [0.15, 0.2) is 0 Å². The average Bonchev–Trinajstić information content (AvgIpc) is 2.25. The first-order chi connectivity index (χ1) is 7.10. The zero-order valence-electron chi connectivity index (χ0n) is 8.34. The highest BCUT2D eigenvalue weighted by Gasteiger charge is 2.12. The quantitative estimate of drug-likeness (QED) is 0.804. The first-order valence-corrected chi connectivity index (χ1v) is 5.35. The third-order valence-electron chi connectivity index (χ3n) is 1.91. The fourth-order valence-corrected chi connectivity index (χ4v) is 1.87. The molecule has 0 bridgehead atoms. The highest BCUT2D eigenvalue weighted by molar-refractivity contribution is 9.10. The highest BCUT2D eigenvalue weighted by atomic mass is 79.9. The van der Waals surface area contributed by atoms with E-state index in [-0.39, 0.29) is 12.4 Å². The molecule has 15 heavy (non-hydrogen) atoms. The van der Waals surface area contributed by atoms with Gasteiger partial charge in [0, 0.05) is 0 Å². The summed E-state index contributed by atoms with van der Waals surface area (Å²) < 4.78 is 10.3. The SMILES string of the molecule is COC(=O)Cc1ccc(OC)c(Br)c1Cl. The van der Waals surface area contributed by atoms with Gasteiger partial charge in [-0.2, -0.15) is 0 Å². The van der Waals surface area contributed by atoms with E-state index in [1.807, 2.05) is 0 Å². The number of rotatable bonds is 3. The van der Waals surface area contributed by atoms with Crippen LogP contribution in [0.5, 0.6) is 5.75 Å². The Balaban J connectivity index is 3.01. The van der Waals surface area contributed by atoms with Crippen molar-refractivity contribution in [1.82, 2.24) is 0 Å². The second-order valence-corrected chi connectivity index (χ2v) is 3.98. The molecule has 0 fully saturated rings. The molecule has 0 saturated carbocycles. The summed E-state index contributed by atoms with van der Waals surface area (Å²) in [4.78, 5) is 11.1. The topological polar surface area (TPSA) is 35.5 Å². The second-order valence-electron chi connectivity index (χ2n) is 2.81. The molecule has 0 unspecified atom stereocenters. The summed E-state index contributed by atoms with van der Waals surface area (Å²) in [5.41, 5.74) is 0.705. The lowest BCUT2D eigenvalue weighted by Crippen LogP contribution is -2.05. The molecule has 0 aliphatic rings. The summed E-state index contributed by atoms with van der Waals surface area (Å²) in [5.74, 6) is 0.308. The predicted octanol–water partition coefficient (Wildman–Crippen LogP) is 2.83. The molecule has 3 nitrogen and oxygen atoms in total. The zero-order chi connectivity index (χ0) is 11.4. The van der Waals surface area contributed by atoms with Crippen molar-refractivity contribution in [2.45, 2.75) is 6.42 Å². The summed E-state index contributed by atoms with van der Waals surface area (Å²) in [6, 6.07) is 3.48. The standard InChI is InChI=1S/C10H10BrClO3/c1-14-7-4-3-6(5-8(13)15-2)10(12)9(7)11/h3-4H,5H2,1-2H3. The number of hydrogen-bond donors (Lipinski definition) is 0. The van der Waals surface area contributed by atoms with Gasteiger partial charge >= 0.3 is 5.97 Å². The maximum absolute atomic E-state index is 11.1. The molecule has 0 N–H and O–H groups in total. The van der Waals surface area contributed by atoms with Gasteiger partial charge in [0.05, 0.1) is 30.1 Å². The largest absolute Gasteiger partial charge is 0.496 e. The second kappa shape index (κ2) is 5.37. The van der Waals surface area contributed by atoms with Crippen LogP contribution in [0.2, 0.25) is 5.02 Å². The van der Waals surface area contributed by atoms with Crippen molar-refractivity contribution >= 4 is 33.5 Å². The lowest BCUT2D eigenvalue weighted by molar-refractivity contribution is -0.139. The van der Waals surface area contributed by atoms with Crippen LogP contribution in [-0.2, 0) is 16.0 Å². The van der Waals surface area contributed by atoms with Crippen molar-refractivity contribution in [3.05, 3.63) is 27.2 Å². The first kappa shape index (κ1) is 12.3. The van der Waals surface area contributed by atoms with E-state index in [0.29, 0.717) is 20.8 Å². The molecule has 0 saturated heterocycles. The van der Waals surface area contributed by atoms with E-state index in [4.69, 9.17) is 16.3 Å². The fraction of sp³-hybridized carbons (Fsp3) is 0.300. The van der Waals surface area contributed by atoms with Crippen LogP contribution in [0, 0.1) is 0 Å². The predicted molar refractivity (Wildman–Crippen MR) is 61.4 cm³/mol. The number of esters is 1. The lowest BCUT2D eigenvalue weighted by Gasteiger charge is -2.08. The van der Waals surface area contributed by atoms with Gasteiger partial charge in [-0.25, -0.2) is 0 Å². The molecular weight excluding hydrogens is 283 g/mol. The molecule has 0 atom stereocenters. The Morgan fingerprint density at radius 1 is 1.47 bits per heavy atom. The number of ether oxygens (including phenoxy) is 2. The Labute approximate surface area is 101 Å². The van der Waals surface area contributed by atoms with Gasteiger partial charge < -0.3 is 9.47 Å². The zero-order valence-corrected chi connectivity index (χ0v) is 10.7. The molecule has 1 aromatic rings. The number of halogens is 2.